The fourth-order valence-electron chi connectivity index (χ4n) is 2.46. The highest BCUT2D eigenvalue weighted by molar-refractivity contribution is 7.13. The van der Waals surface area contributed by atoms with Crippen LogP contribution in [0.5, 0.6) is 0 Å². The number of nitrogens with two attached hydrogens (primary N) is 1. The second kappa shape index (κ2) is 4.49. The topological polar surface area (TPSA) is 88.7 Å². The number of anilines is 1. The smallest absolute Gasteiger partial charge is 0.326 e. The first-order valence-corrected chi connectivity index (χ1v) is 6.85. The van der Waals surface area contributed by atoms with Crippen molar-refractivity contribution in [3.8, 4) is 0 Å². The number of carboxylic acid groups (broad SMARTS) is 1. The lowest BCUT2D eigenvalue weighted by Gasteiger charge is -2.31. The van der Waals surface area contributed by atoms with Gasteiger partial charge in [-0.1, -0.05) is 0 Å². The average Bonchev–Trinajstić information content (AvgIpc) is 2.95. The lowest BCUT2D eigenvalue weighted by atomic mass is 10.2. The van der Waals surface area contributed by atoms with Crippen LogP contribution in [0.25, 0.3) is 0 Å². The molecule has 1 aromatic rings. The first kappa shape index (κ1) is 11.9. The summed E-state index contributed by atoms with van der Waals surface area (Å²) < 4.78 is 5.76. The zero-order valence-corrected chi connectivity index (χ0v) is 10.6. The third-order valence-corrected chi connectivity index (χ3v) is 4.33. The number of aliphatic carboxylic acids is 1. The van der Waals surface area contributed by atoms with Crippen molar-refractivity contribution >= 4 is 22.4 Å². The van der Waals surface area contributed by atoms with E-state index in [0.717, 1.165) is 31.1 Å². The number of rotatable bonds is 3. The zero-order valence-electron chi connectivity index (χ0n) is 9.78. The Labute approximate surface area is 108 Å². The van der Waals surface area contributed by atoms with E-state index in [4.69, 9.17) is 15.6 Å². The number of carboxylic acids is 1. The van der Waals surface area contributed by atoms with Crippen molar-refractivity contribution in [1.29, 1.82) is 0 Å². The van der Waals surface area contributed by atoms with E-state index in [2.05, 4.69) is 9.88 Å². The van der Waals surface area contributed by atoms with E-state index in [1.807, 2.05) is 0 Å². The summed E-state index contributed by atoms with van der Waals surface area (Å²) in [4.78, 5) is 17.3. The van der Waals surface area contributed by atoms with Crippen LogP contribution in [0.3, 0.4) is 0 Å². The van der Waals surface area contributed by atoms with Crippen LogP contribution < -0.4 is 10.6 Å². The van der Waals surface area contributed by atoms with E-state index >= 15 is 0 Å². The summed E-state index contributed by atoms with van der Waals surface area (Å²) in [5, 5.41) is 11.4. The molecule has 1 aromatic heterocycles. The largest absolute Gasteiger partial charge is 0.480 e. The average molecular weight is 269 g/mol. The third-order valence-electron chi connectivity index (χ3n) is 3.41. The van der Waals surface area contributed by atoms with E-state index in [9.17, 15) is 4.79 Å². The van der Waals surface area contributed by atoms with Gasteiger partial charge in [0.2, 0.25) is 0 Å². The molecule has 2 aliphatic rings. The van der Waals surface area contributed by atoms with Crippen molar-refractivity contribution in [1.82, 2.24) is 4.98 Å². The highest BCUT2D eigenvalue weighted by Gasteiger charge is 2.35. The van der Waals surface area contributed by atoms with Crippen molar-refractivity contribution in [2.75, 3.05) is 18.0 Å². The number of carbonyl (C=O) groups is 1. The van der Waals surface area contributed by atoms with E-state index in [1.165, 1.54) is 11.3 Å². The minimum absolute atomic E-state index is 0.296. The number of fused-ring (bicyclic) bond motifs is 2. The maximum atomic E-state index is 10.8. The van der Waals surface area contributed by atoms with Gasteiger partial charge in [-0.15, -0.1) is 11.3 Å². The Bertz CT molecular complexity index is 452. The number of hydrogen-bond acceptors (Lipinski definition) is 6. The van der Waals surface area contributed by atoms with E-state index < -0.39 is 12.0 Å². The normalized spacial score (nSPS) is 28.4. The third kappa shape index (κ3) is 2.09. The van der Waals surface area contributed by atoms with Gasteiger partial charge in [-0.05, 0) is 12.8 Å². The van der Waals surface area contributed by atoms with E-state index in [-0.39, 0.29) is 0 Å². The lowest BCUT2D eigenvalue weighted by molar-refractivity contribution is -0.138. The molecule has 7 heteroatoms. The Morgan fingerprint density at radius 2 is 2.22 bits per heavy atom. The van der Waals surface area contributed by atoms with Gasteiger partial charge >= 0.3 is 5.97 Å². The number of ether oxygens (including phenoxy) is 1. The van der Waals surface area contributed by atoms with Gasteiger partial charge in [-0.3, -0.25) is 4.79 Å². The molecular formula is C11H15N3O3S. The molecule has 3 atom stereocenters. The lowest BCUT2D eigenvalue weighted by Crippen LogP contribution is -2.42. The molecule has 0 spiro atoms. The predicted octanol–water partition coefficient (Wildman–Crippen LogP) is 0.595. The van der Waals surface area contributed by atoms with Gasteiger partial charge in [0.1, 0.15) is 6.04 Å². The number of nitrogens with zero attached hydrogens (tertiary/aromatic N) is 2. The van der Waals surface area contributed by atoms with Crippen molar-refractivity contribution in [2.45, 2.75) is 31.1 Å². The molecule has 98 valence electrons. The second-order valence-electron chi connectivity index (χ2n) is 4.73. The van der Waals surface area contributed by atoms with Crippen LogP contribution in [0.15, 0.2) is 5.38 Å². The molecule has 18 heavy (non-hydrogen) atoms. The monoisotopic (exact) mass is 269 g/mol. The Kier molecular flexibility index (Phi) is 2.96. The second-order valence-corrected chi connectivity index (χ2v) is 5.57. The molecule has 2 saturated heterocycles. The Balaban J connectivity index is 1.75. The van der Waals surface area contributed by atoms with Crippen molar-refractivity contribution < 1.29 is 14.6 Å². The fraction of sp³-hybridized carbons (Fsp3) is 0.636. The molecule has 3 unspecified atom stereocenters. The summed E-state index contributed by atoms with van der Waals surface area (Å²) in [6.07, 6.45) is 2.80. The molecule has 2 bridgehead atoms. The van der Waals surface area contributed by atoms with E-state index in [1.54, 1.807) is 5.38 Å². The SMILES string of the molecule is NC(C(=O)O)c1csc(N2CC3CCC(C2)O3)n1. The highest BCUT2D eigenvalue weighted by atomic mass is 32.1. The molecule has 0 radical (unpaired) electrons. The quantitative estimate of drug-likeness (QED) is 0.835. The molecule has 0 amide bonds. The Morgan fingerprint density at radius 1 is 1.56 bits per heavy atom. The summed E-state index contributed by atoms with van der Waals surface area (Å²) >= 11 is 1.45. The van der Waals surface area contributed by atoms with Crippen molar-refractivity contribution in [2.24, 2.45) is 5.73 Å². The first-order valence-electron chi connectivity index (χ1n) is 5.97. The van der Waals surface area contributed by atoms with Gasteiger partial charge < -0.3 is 20.5 Å². The minimum Gasteiger partial charge on any atom is -0.480 e. The van der Waals surface area contributed by atoms with Crippen LogP contribution in [0, 0.1) is 0 Å². The summed E-state index contributed by atoms with van der Waals surface area (Å²) in [5.41, 5.74) is 5.98. The fourth-order valence-corrected chi connectivity index (χ4v) is 3.34. The predicted molar refractivity (Wildman–Crippen MR) is 66.8 cm³/mol. The van der Waals surface area contributed by atoms with Crippen molar-refractivity contribution in [3.05, 3.63) is 11.1 Å². The van der Waals surface area contributed by atoms with Crippen LogP contribution in [-0.2, 0) is 9.53 Å². The molecular weight excluding hydrogens is 254 g/mol. The van der Waals surface area contributed by atoms with E-state index in [0.29, 0.717) is 17.9 Å². The Morgan fingerprint density at radius 3 is 2.83 bits per heavy atom. The number of thiazole rings is 1. The summed E-state index contributed by atoms with van der Waals surface area (Å²) in [6, 6.07) is -1.03. The maximum absolute atomic E-state index is 10.8. The number of morpholine rings is 1. The molecule has 6 nitrogen and oxygen atoms in total. The highest BCUT2D eigenvalue weighted by Crippen LogP contribution is 2.31. The summed E-state index contributed by atoms with van der Waals surface area (Å²) in [5.74, 6) is -1.05. The zero-order chi connectivity index (χ0) is 12.7. The van der Waals surface area contributed by atoms with Crippen LogP contribution in [0.4, 0.5) is 5.13 Å². The standard InChI is InChI=1S/C11H15N3O3S/c12-9(10(15)16)8-5-18-11(13-8)14-3-6-1-2-7(4-14)17-6/h5-7,9H,1-4,12H2,(H,15,16). The number of hydrogen-bond donors (Lipinski definition) is 2. The molecule has 0 aromatic carbocycles. The van der Waals surface area contributed by atoms with Gasteiger partial charge in [0.05, 0.1) is 17.9 Å². The molecule has 2 aliphatic heterocycles. The van der Waals surface area contributed by atoms with Gasteiger partial charge in [-0.2, -0.15) is 0 Å². The summed E-state index contributed by atoms with van der Waals surface area (Å²) in [7, 11) is 0. The molecule has 3 heterocycles. The molecule has 0 aliphatic carbocycles. The van der Waals surface area contributed by atoms with Crippen LogP contribution in [0.2, 0.25) is 0 Å². The van der Waals surface area contributed by atoms with Crippen LogP contribution in [-0.4, -0.2) is 41.4 Å². The van der Waals surface area contributed by atoms with Gasteiger partial charge in [0.25, 0.3) is 0 Å². The van der Waals surface area contributed by atoms with Gasteiger partial charge in [-0.25, -0.2) is 4.98 Å². The van der Waals surface area contributed by atoms with Crippen LogP contribution >= 0.6 is 11.3 Å². The minimum atomic E-state index is -1.05. The van der Waals surface area contributed by atoms with Crippen LogP contribution in [0.1, 0.15) is 24.6 Å². The number of aromatic nitrogens is 1. The molecule has 3 rings (SSSR count). The Hall–Kier alpha value is -1.18. The van der Waals surface area contributed by atoms with Gasteiger partial charge in [0.15, 0.2) is 5.13 Å². The van der Waals surface area contributed by atoms with Crippen molar-refractivity contribution in [3.63, 3.8) is 0 Å². The molecule has 0 saturated carbocycles. The molecule has 2 fully saturated rings. The first-order chi connectivity index (χ1) is 8.63. The maximum Gasteiger partial charge on any atom is 0.326 e. The summed E-state index contributed by atoms with van der Waals surface area (Å²) in [6.45, 7) is 1.68. The molecule has 3 N–H and O–H groups in total. The van der Waals surface area contributed by atoms with Gasteiger partial charge in [0, 0.05) is 18.5 Å².